The normalized spacial score (nSPS) is 24.9. The van der Waals surface area contributed by atoms with Gasteiger partial charge < -0.3 is 5.11 Å². The highest BCUT2D eigenvalue weighted by Crippen LogP contribution is 2.55. The molecule has 0 heterocycles. The zero-order valence-electron chi connectivity index (χ0n) is 18.1. The van der Waals surface area contributed by atoms with E-state index in [4.69, 9.17) is 0 Å². The highest BCUT2D eigenvalue weighted by Gasteiger charge is 2.78. The first kappa shape index (κ1) is 28.9. The Morgan fingerprint density at radius 3 is 1.65 bits per heavy atom. The number of rotatable bonds is 7. The molecule has 0 amide bonds. The Morgan fingerprint density at radius 1 is 0.735 bits per heavy atom. The van der Waals surface area contributed by atoms with Gasteiger partial charge in [0.05, 0.1) is 5.92 Å². The van der Waals surface area contributed by atoms with Crippen molar-refractivity contribution in [2.75, 3.05) is 0 Å². The molecular weight excluding hydrogens is 489 g/mol. The molecule has 0 aromatic carbocycles. The SMILES string of the molecule is OC(C(C/C=C/C1CCC(C2CCCCC2)CC1)C(F)(F)C(F)=C(F)F)(C(F)(F)F)C(F)(F)F. The zero-order chi connectivity index (χ0) is 25.9. The first-order valence-corrected chi connectivity index (χ1v) is 11.1. The second-order valence-electron chi connectivity index (χ2n) is 9.25. The van der Waals surface area contributed by atoms with Gasteiger partial charge in [-0.1, -0.05) is 44.3 Å². The molecule has 1 N–H and O–H groups in total. The molecule has 0 radical (unpaired) electrons. The maximum atomic E-state index is 14.2. The van der Waals surface area contributed by atoms with Crippen LogP contribution in [0, 0.1) is 23.7 Å². The molecule has 0 aliphatic heterocycles. The summed E-state index contributed by atoms with van der Waals surface area (Å²) in [7, 11) is 0. The summed E-state index contributed by atoms with van der Waals surface area (Å²) in [6.07, 6.45) is -9.13. The summed E-state index contributed by atoms with van der Waals surface area (Å²) >= 11 is 0. The molecule has 2 saturated carbocycles. The van der Waals surface area contributed by atoms with Crippen LogP contribution in [0.4, 0.5) is 48.3 Å². The van der Waals surface area contributed by atoms with Crippen LogP contribution in [-0.2, 0) is 0 Å². The van der Waals surface area contributed by atoms with E-state index in [0.717, 1.165) is 44.6 Å². The molecule has 2 aliphatic carbocycles. The fourth-order valence-corrected chi connectivity index (χ4v) is 5.24. The Bertz CT molecular complexity index is 706. The second-order valence-corrected chi connectivity index (χ2v) is 9.25. The van der Waals surface area contributed by atoms with Crippen LogP contribution in [0.2, 0.25) is 0 Å². The third kappa shape index (κ3) is 6.07. The number of allylic oxidation sites excluding steroid dienone is 3. The number of alkyl halides is 8. The quantitative estimate of drug-likeness (QED) is 0.266. The molecular formula is C22H27F11O. The lowest BCUT2D eigenvalue weighted by atomic mass is 9.71. The first-order valence-electron chi connectivity index (χ1n) is 11.1. The standard InChI is InChI=1S/C22H27F11O/c23-17(18(24)25)19(26,27)16(20(34,21(28,29)30)22(31,32)33)8-4-5-13-9-11-15(12-10-13)14-6-2-1-3-7-14/h4-5,13-16,34H,1-3,6-12H2/b5-4+. The Morgan fingerprint density at radius 2 is 1.21 bits per heavy atom. The second kappa shape index (κ2) is 10.7. The molecule has 0 aromatic rings. The molecule has 2 rings (SSSR count). The molecule has 12 heteroatoms. The predicted molar refractivity (Wildman–Crippen MR) is 102 cm³/mol. The van der Waals surface area contributed by atoms with Crippen molar-refractivity contribution in [3.63, 3.8) is 0 Å². The summed E-state index contributed by atoms with van der Waals surface area (Å²) in [6, 6.07) is 0. The van der Waals surface area contributed by atoms with E-state index in [1.807, 2.05) is 0 Å². The van der Waals surface area contributed by atoms with Crippen molar-refractivity contribution in [3.8, 4) is 0 Å². The van der Waals surface area contributed by atoms with Crippen molar-refractivity contribution in [3.05, 3.63) is 24.1 Å². The van der Waals surface area contributed by atoms with Crippen molar-refractivity contribution in [1.82, 2.24) is 0 Å². The lowest BCUT2D eigenvalue weighted by Crippen LogP contribution is -2.65. The molecule has 2 fully saturated rings. The van der Waals surface area contributed by atoms with Crippen molar-refractivity contribution in [1.29, 1.82) is 0 Å². The highest BCUT2D eigenvalue weighted by molar-refractivity contribution is 5.16. The number of aliphatic hydroxyl groups is 1. The molecule has 1 nitrogen and oxygen atoms in total. The number of hydrogen-bond donors (Lipinski definition) is 1. The number of hydrogen-bond acceptors (Lipinski definition) is 1. The minimum atomic E-state index is -6.74. The fourth-order valence-electron chi connectivity index (χ4n) is 5.24. The van der Waals surface area contributed by atoms with Gasteiger partial charge in [-0.15, -0.1) is 0 Å². The van der Waals surface area contributed by atoms with Gasteiger partial charge in [0.15, 0.2) is 0 Å². The van der Waals surface area contributed by atoms with Crippen molar-refractivity contribution < 1.29 is 53.4 Å². The molecule has 1 atom stereocenters. The van der Waals surface area contributed by atoms with Crippen LogP contribution in [0.1, 0.15) is 64.2 Å². The first-order chi connectivity index (χ1) is 15.5. The van der Waals surface area contributed by atoms with Crippen molar-refractivity contribution in [2.24, 2.45) is 23.7 Å². The van der Waals surface area contributed by atoms with E-state index in [1.54, 1.807) is 0 Å². The largest absolute Gasteiger partial charge is 0.426 e. The predicted octanol–water partition coefficient (Wildman–Crippen LogP) is 8.50. The van der Waals surface area contributed by atoms with Gasteiger partial charge in [-0.25, -0.2) is 0 Å². The van der Waals surface area contributed by atoms with Crippen LogP contribution in [0.25, 0.3) is 0 Å². The molecule has 1 unspecified atom stereocenters. The third-order valence-corrected chi connectivity index (χ3v) is 7.18. The van der Waals surface area contributed by atoms with Gasteiger partial charge in [0.25, 0.3) is 5.60 Å². The lowest BCUT2D eigenvalue weighted by Gasteiger charge is -2.41. The monoisotopic (exact) mass is 516 g/mol. The van der Waals surface area contributed by atoms with Gasteiger partial charge in [-0.05, 0) is 49.9 Å². The fraction of sp³-hybridized carbons (Fsp3) is 0.818. The van der Waals surface area contributed by atoms with Crippen LogP contribution in [0.3, 0.4) is 0 Å². The summed E-state index contributed by atoms with van der Waals surface area (Å²) in [5, 5.41) is 9.43. The summed E-state index contributed by atoms with van der Waals surface area (Å²) in [6.45, 7) is 0. The Balaban J connectivity index is 2.23. The van der Waals surface area contributed by atoms with E-state index in [9.17, 15) is 53.4 Å². The minimum absolute atomic E-state index is 0.322. The smallest absolute Gasteiger partial charge is 0.373 e. The molecule has 2 aliphatic rings. The topological polar surface area (TPSA) is 20.2 Å². The molecule has 0 spiro atoms. The van der Waals surface area contributed by atoms with Gasteiger partial charge in [0.2, 0.25) is 5.83 Å². The van der Waals surface area contributed by atoms with Crippen molar-refractivity contribution in [2.45, 2.75) is 88.1 Å². The Kier molecular flexibility index (Phi) is 9.13. The average molecular weight is 516 g/mol. The van der Waals surface area contributed by atoms with Gasteiger partial charge in [-0.3, -0.25) is 0 Å². The van der Waals surface area contributed by atoms with Gasteiger partial charge >= 0.3 is 24.4 Å². The van der Waals surface area contributed by atoms with E-state index in [0.29, 0.717) is 30.8 Å². The Labute approximate surface area is 190 Å². The molecule has 0 saturated heterocycles. The maximum absolute atomic E-state index is 14.2. The van der Waals surface area contributed by atoms with Crippen LogP contribution < -0.4 is 0 Å². The minimum Gasteiger partial charge on any atom is -0.373 e. The molecule has 0 bridgehead atoms. The van der Waals surface area contributed by atoms with Crippen LogP contribution in [0.15, 0.2) is 24.1 Å². The van der Waals surface area contributed by atoms with Gasteiger partial charge in [0.1, 0.15) is 0 Å². The molecule has 34 heavy (non-hydrogen) atoms. The third-order valence-electron chi connectivity index (χ3n) is 7.18. The van der Waals surface area contributed by atoms with Crippen LogP contribution >= 0.6 is 0 Å². The summed E-state index contributed by atoms with van der Waals surface area (Å²) in [4.78, 5) is 0. The van der Waals surface area contributed by atoms with E-state index in [1.165, 1.54) is 6.42 Å². The van der Waals surface area contributed by atoms with Gasteiger partial charge in [0, 0.05) is 0 Å². The molecule has 0 aromatic heterocycles. The summed E-state index contributed by atoms with van der Waals surface area (Å²) in [5.41, 5.74) is -6.13. The maximum Gasteiger partial charge on any atom is 0.426 e. The van der Waals surface area contributed by atoms with Gasteiger partial charge in [-0.2, -0.15) is 48.3 Å². The summed E-state index contributed by atoms with van der Waals surface area (Å²) in [5.74, 6) is -13.3. The van der Waals surface area contributed by atoms with Crippen LogP contribution in [-0.4, -0.2) is 29.0 Å². The zero-order valence-corrected chi connectivity index (χ0v) is 18.1. The highest BCUT2D eigenvalue weighted by atomic mass is 19.4. The van der Waals surface area contributed by atoms with E-state index in [-0.39, 0.29) is 5.92 Å². The van der Waals surface area contributed by atoms with Crippen molar-refractivity contribution >= 4 is 0 Å². The summed E-state index contributed by atoms with van der Waals surface area (Å²) < 4.78 is 146. The van der Waals surface area contributed by atoms with Crippen LogP contribution in [0.5, 0.6) is 0 Å². The van der Waals surface area contributed by atoms with E-state index in [2.05, 4.69) is 0 Å². The van der Waals surface area contributed by atoms with E-state index < -0.39 is 48.1 Å². The molecule has 198 valence electrons. The average Bonchev–Trinajstić information content (AvgIpc) is 2.75. The van der Waals surface area contributed by atoms with E-state index >= 15 is 0 Å². The Hall–Kier alpha value is -1.33. The lowest BCUT2D eigenvalue weighted by molar-refractivity contribution is -0.399. The number of halogens is 11.